The zero-order chi connectivity index (χ0) is 15.3. The van der Waals surface area contributed by atoms with Crippen molar-refractivity contribution in [3.63, 3.8) is 0 Å². The van der Waals surface area contributed by atoms with E-state index in [0.29, 0.717) is 19.8 Å². The van der Waals surface area contributed by atoms with Gasteiger partial charge in [0, 0.05) is 20.2 Å². The van der Waals surface area contributed by atoms with Crippen molar-refractivity contribution in [2.24, 2.45) is 4.99 Å². The highest BCUT2D eigenvalue weighted by Crippen LogP contribution is 2.12. The fourth-order valence-electron chi connectivity index (χ4n) is 1.69. The molecule has 0 aromatic heterocycles. The van der Waals surface area contributed by atoms with Crippen molar-refractivity contribution in [3.8, 4) is 5.75 Å². The summed E-state index contributed by atoms with van der Waals surface area (Å²) in [6, 6.07) is 8.00. The molecule has 0 bridgehead atoms. The van der Waals surface area contributed by atoms with Gasteiger partial charge in [-0.3, -0.25) is 0 Å². The van der Waals surface area contributed by atoms with Crippen molar-refractivity contribution < 1.29 is 9.47 Å². The molecule has 0 radical (unpaired) electrons. The molecule has 0 saturated heterocycles. The molecule has 0 unspecified atom stereocenters. The van der Waals surface area contributed by atoms with Crippen LogP contribution in [0.5, 0.6) is 5.75 Å². The monoisotopic (exact) mass is 293 g/mol. The molecule has 5 nitrogen and oxygen atoms in total. The van der Waals surface area contributed by atoms with Gasteiger partial charge in [-0.2, -0.15) is 0 Å². The molecule has 0 spiro atoms. The number of hydrogen-bond donors (Lipinski definition) is 2. The zero-order valence-electron chi connectivity index (χ0n) is 13.3. The molecular weight excluding hydrogens is 266 g/mol. The van der Waals surface area contributed by atoms with E-state index in [-0.39, 0.29) is 0 Å². The van der Waals surface area contributed by atoms with E-state index in [1.54, 1.807) is 7.11 Å². The summed E-state index contributed by atoms with van der Waals surface area (Å²) in [6.07, 6.45) is 1.08. The fourth-order valence-corrected chi connectivity index (χ4v) is 1.69. The van der Waals surface area contributed by atoms with Gasteiger partial charge in [-0.25, -0.2) is 4.99 Å². The first-order chi connectivity index (χ1) is 10.3. The number of rotatable bonds is 9. The summed E-state index contributed by atoms with van der Waals surface area (Å²) in [5.41, 5.74) is 1.16. The van der Waals surface area contributed by atoms with Crippen LogP contribution in [-0.4, -0.2) is 39.4 Å². The van der Waals surface area contributed by atoms with Gasteiger partial charge in [-0.05, 0) is 31.0 Å². The second kappa shape index (κ2) is 11.0. The lowest BCUT2D eigenvalue weighted by atomic mass is 10.2. The van der Waals surface area contributed by atoms with Crippen LogP contribution in [0.1, 0.15) is 25.8 Å². The molecule has 0 aliphatic carbocycles. The molecule has 0 aliphatic rings. The normalized spacial score (nSPS) is 11.3. The second-order valence-electron chi connectivity index (χ2n) is 4.61. The SMILES string of the molecule is CCCNC(=NCc1ccc(OCCOC)cc1)NCC. The Hall–Kier alpha value is -1.75. The Balaban J connectivity index is 2.48. The Morgan fingerprint density at radius 2 is 1.86 bits per heavy atom. The van der Waals surface area contributed by atoms with Crippen LogP contribution in [0.25, 0.3) is 0 Å². The first kappa shape index (κ1) is 17.3. The summed E-state index contributed by atoms with van der Waals surface area (Å²) >= 11 is 0. The van der Waals surface area contributed by atoms with Crippen molar-refractivity contribution >= 4 is 5.96 Å². The number of benzene rings is 1. The standard InChI is InChI=1S/C16H27N3O2/c1-4-10-18-16(17-5-2)19-13-14-6-8-15(9-7-14)21-12-11-20-3/h6-9H,4-5,10-13H2,1-3H3,(H2,17,18,19). The maximum atomic E-state index is 5.53. The highest BCUT2D eigenvalue weighted by atomic mass is 16.5. The largest absolute Gasteiger partial charge is 0.491 e. The Labute approximate surface area is 127 Å². The van der Waals surface area contributed by atoms with Crippen LogP contribution in [-0.2, 0) is 11.3 Å². The smallest absolute Gasteiger partial charge is 0.191 e. The van der Waals surface area contributed by atoms with Crippen LogP contribution in [0, 0.1) is 0 Å². The summed E-state index contributed by atoms with van der Waals surface area (Å²) in [5.74, 6) is 1.72. The minimum atomic E-state index is 0.569. The van der Waals surface area contributed by atoms with Crippen molar-refractivity contribution in [3.05, 3.63) is 29.8 Å². The van der Waals surface area contributed by atoms with Gasteiger partial charge in [-0.1, -0.05) is 19.1 Å². The third-order valence-electron chi connectivity index (χ3n) is 2.79. The molecule has 1 rings (SSSR count). The Morgan fingerprint density at radius 3 is 2.48 bits per heavy atom. The van der Waals surface area contributed by atoms with Crippen LogP contribution < -0.4 is 15.4 Å². The van der Waals surface area contributed by atoms with Gasteiger partial charge < -0.3 is 20.1 Å². The van der Waals surface area contributed by atoms with E-state index in [4.69, 9.17) is 9.47 Å². The molecule has 118 valence electrons. The molecule has 0 saturated carbocycles. The molecule has 1 aromatic rings. The molecule has 0 atom stereocenters. The van der Waals surface area contributed by atoms with Gasteiger partial charge in [0.1, 0.15) is 12.4 Å². The summed E-state index contributed by atoms with van der Waals surface area (Å²) in [4.78, 5) is 4.56. The Morgan fingerprint density at radius 1 is 1.10 bits per heavy atom. The number of guanidine groups is 1. The van der Waals surface area contributed by atoms with E-state index in [0.717, 1.165) is 36.8 Å². The van der Waals surface area contributed by atoms with Gasteiger partial charge in [0.25, 0.3) is 0 Å². The highest BCUT2D eigenvalue weighted by molar-refractivity contribution is 5.79. The molecule has 0 fully saturated rings. The highest BCUT2D eigenvalue weighted by Gasteiger charge is 1.98. The lowest BCUT2D eigenvalue weighted by Gasteiger charge is -2.10. The van der Waals surface area contributed by atoms with E-state index in [1.165, 1.54) is 0 Å². The summed E-state index contributed by atoms with van der Waals surface area (Å²) < 4.78 is 10.5. The Kier molecular flexibility index (Phi) is 9.04. The minimum Gasteiger partial charge on any atom is -0.491 e. The van der Waals surface area contributed by atoms with E-state index >= 15 is 0 Å². The maximum absolute atomic E-state index is 5.53. The predicted molar refractivity (Wildman–Crippen MR) is 86.9 cm³/mol. The molecule has 1 aromatic carbocycles. The van der Waals surface area contributed by atoms with E-state index in [1.807, 2.05) is 24.3 Å². The first-order valence-electron chi connectivity index (χ1n) is 7.53. The van der Waals surface area contributed by atoms with Crippen LogP contribution in [0.2, 0.25) is 0 Å². The summed E-state index contributed by atoms with van der Waals surface area (Å²) in [5, 5.41) is 6.52. The van der Waals surface area contributed by atoms with Gasteiger partial charge in [-0.15, -0.1) is 0 Å². The predicted octanol–water partition coefficient (Wildman–Crippen LogP) is 2.18. The maximum Gasteiger partial charge on any atom is 0.191 e. The molecule has 0 amide bonds. The van der Waals surface area contributed by atoms with Crippen LogP contribution in [0.3, 0.4) is 0 Å². The molecule has 0 aliphatic heterocycles. The molecule has 5 heteroatoms. The quantitative estimate of drug-likeness (QED) is 0.416. The number of aliphatic imine (C=N–C) groups is 1. The fraction of sp³-hybridized carbons (Fsp3) is 0.562. The van der Waals surface area contributed by atoms with Gasteiger partial charge in [0.15, 0.2) is 5.96 Å². The summed E-state index contributed by atoms with van der Waals surface area (Å²) in [7, 11) is 1.67. The summed E-state index contributed by atoms with van der Waals surface area (Å²) in [6.45, 7) is 7.81. The average molecular weight is 293 g/mol. The van der Waals surface area contributed by atoms with Gasteiger partial charge in [0.05, 0.1) is 13.2 Å². The molecule has 2 N–H and O–H groups in total. The topological polar surface area (TPSA) is 54.9 Å². The van der Waals surface area contributed by atoms with Gasteiger partial charge >= 0.3 is 0 Å². The number of ether oxygens (including phenoxy) is 2. The molecule has 21 heavy (non-hydrogen) atoms. The van der Waals surface area contributed by atoms with Crippen LogP contribution in [0.15, 0.2) is 29.3 Å². The van der Waals surface area contributed by atoms with Crippen molar-refractivity contribution in [2.45, 2.75) is 26.8 Å². The second-order valence-corrected chi connectivity index (χ2v) is 4.61. The molecular formula is C16H27N3O2. The number of methoxy groups -OCH3 is 1. The minimum absolute atomic E-state index is 0.569. The lowest BCUT2D eigenvalue weighted by Crippen LogP contribution is -2.37. The van der Waals surface area contributed by atoms with Crippen LogP contribution >= 0.6 is 0 Å². The average Bonchev–Trinajstić information content (AvgIpc) is 2.51. The number of nitrogens with one attached hydrogen (secondary N) is 2. The van der Waals surface area contributed by atoms with Crippen LogP contribution in [0.4, 0.5) is 0 Å². The zero-order valence-corrected chi connectivity index (χ0v) is 13.3. The van der Waals surface area contributed by atoms with Crippen molar-refractivity contribution in [1.82, 2.24) is 10.6 Å². The number of nitrogens with zero attached hydrogens (tertiary/aromatic N) is 1. The Bertz CT molecular complexity index is 404. The third kappa shape index (κ3) is 7.56. The van der Waals surface area contributed by atoms with E-state index in [2.05, 4.69) is 29.5 Å². The van der Waals surface area contributed by atoms with Crippen molar-refractivity contribution in [1.29, 1.82) is 0 Å². The van der Waals surface area contributed by atoms with Crippen molar-refractivity contribution in [2.75, 3.05) is 33.4 Å². The molecule has 0 heterocycles. The first-order valence-corrected chi connectivity index (χ1v) is 7.53. The number of hydrogen-bond acceptors (Lipinski definition) is 3. The van der Waals surface area contributed by atoms with E-state index in [9.17, 15) is 0 Å². The van der Waals surface area contributed by atoms with Gasteiger partial charge in [0.2, 0.25) is 0 Å². The third-order valence-corrected chi connectivity index (χ3v) is 2.79. The lowest BCUT2D eigenvalue weighted by molar-refractivity contribution is 0.146. The van der Waals surface area contributed by atoms with E-state index < -0.39 is 0 Å².